The van der Waals surface area contributed by atoms with Crippen LogP contribution in [0.4, 0.5) is 0 Å². The SMILES string of the molecule is Cc1cccc(C(O)Cc2ccncc2)c1Br. The van der Waals surface area contributed by atoms with Gasteiger partial charge in [0.15, 0.2) is 0 Å². The third kappa shape index (κ3) is 2.93. The second kappa shape index (κ2) is 5.43. The van der Waals surface area contributed by atoms with E-state index in [1.165, 1.54) is 0 Å². The van der Waals surface area contributed by atoms with Crippen LogP contribution in [-0.4, -0.2) is 10.1 Å². The molecular weight excluding hydrogens is 278 g/mol. The predicted molar refractivity (Wildman–Crippen MR) is 71.8 cm³/mol. The monoisotopic (exact) mass is 291 g/mol. The Morgan fingerprint density at radius 2 is 1.94 bits per heavy atom. The van der Waals surface area contributed by atoms with Gasteiger partial charge in [0.25, 0.3) is 0 Å². The summed E-state index contributed by atoms with van der Waals surface area (Å²) in [5.74, 6) is 0. The van der Waals surface area contributed by atoms with Crippen molar-refractivity contribution < 1.29 is 5.11 Å². The Bertz CT molecular complexity index is 499. The number of aliphatic hydroxyl groups excluding tert-OH is 1. The van der Waals surface area contributed by atoms with Gasteiger partial charge in [-0.15, -0.1) is 0 Å². The van der Waals surface area contributed by atoms with E-state index in [2.05, 4.69) is 20.9 Å². The van der Waals surface area contributed by atoms with Crippen LogP contribution in [0.5, 0.6) is 0 Å². The van der Waals surface area contributed by atoms with Crippen molar-refractivity contribution in [1.82, 2.24) is 4.98 Å². The summed E-state index contributed by atoms with van der Waals surface area (Å²) in [6.45, 7) is 2.02. The summed E-state index contributed by atoms with van der Waals surface area (Å²) in [5, 5.41) is 10.2. The van der Waals surface area contributed by atoms with Crippen LogP contribution in [0.15, 0.2) is 47.2 Å². The van der Waals surface area contributed by atoms with Gasteiger partial charge in [0, 0.05) is 23.3 Å². The van der Waals surface area contributed by atoms with E-state index in [0.717, 1.165) is 21.2 Å². The van der Waals surface area contributed by atoms with E-state index >= 15 is 0 Å². The highest BCUT2D eigenvalue weighted by atomic mass is 79.9. The molecule has 0 saturated carbocycles. The Kier molecular flexibility index (Phi) is 3.92. The van der Waals surface area contributed by atoms with Gasteiger partial charge in [0.05, 0.1) is 6.10 Å². The summed E-state index contributed by atoms with van der Waals surface area (Å²) >= 11 is 3.52. The van der Waals surface area contributed by atoms with Crippen molar-refractivity contribution >= 4 is 15.9 Å². The van der Waals surface area contributed by atoms with Gasteiger partial charge < -0.3 is 5.11 Å². The summed E-state index contributed by atoms with van der Waals surface area (Å²) in [5.41, 5.74) is 3.15. The molecule has 88 valence electrons. The van der Waals surface area contributed by atoms with Crippen molar-refractivity contribution in [2.24, 2.45) is 0 Å². The van der Waals surface area contributed by atoms with Crippen molar-refractivity contribution in [3.8, 4) is 0 Å². The third-order valence-electron chi connectivity index (χ3n) is 2.76. The Hall–Kier alpha value is -1.19. The second-order valence-electron chi connectivity index (χ2n) is 4.05. The van der Waals surface area contributed by atoms with Gasteiger partial charge in [-0.05, 0) is 35.7 Å². The van der Waals surface area contributed by atoms with E-state index < -0.39 is 6.10 Å². The summed E-state index contributed by atoms with van der Waals surface area (Å²) in [7, 11) is 0. The van der Waals surface area contributed by atoms with Gasteiger partial charge in [0.2, 0.25) is 0 Å². The predicted octanol–water partition coefficient (Wildman–Crippen LogP) is 3.43. The van der Waals surface area contributed by atoms with Gasteiger partial charge in [-0.3, -0.25) is 4.98 Å². The number of hydrogen-bond acceptors (Lipinski definition) is 2. The van der Waals surface area contributed by atoms with E-state index in [0.29, 0.717) is 6.42 Å². The average molecular weight is 292 g/mol. The maximum absolute atomic E-state index is 10.2. The molecule has 2 rings (SSSR count). The fourth-order valence-corrected chi connectivity index (χ4v) is 2.31. The number of halogens is 1. The molecule has 0 aliphatic heterocycles. The molecular formula is C14H14BrNO. The number of pyridine rings is 1. The molecule has 0 aliphatic carbocycles. The first-order valence-corrected chi connectivity index (χ1v) is 6.30. The van der Waals surface area contributed by atoms with Gasteiger partial charge in [-0.1, -0.05) is 34.1 Å². The van der Waals surface area contributed by atoms with Crippen molar-refractivity contribution in [3.05, 3.63) is 63.9 Å². The van der Waals surface area contributed by atoms with Crippen molar-refractivity contribution in [1.29, 1.82) is 0 Å². The Morgan fingerprint density at radius 3 is 2.65 bits per heavy atom. The van der Waals surface area contributed by atoms with Crippen LogP contribution < -0.4 is 0 Å². The minimum Gasteiger partial charge on any atom is -0.388 e. The molecule has 17 heavy (non-hydrogen) atoms. The fraction of sp³-hybridized carbons (Fsp3) is 0.214. The van der Waals surface area contributed by atoms with Crippen LogP contribution in [0, 0.1) is 6.92 Å². The maximum Gasteiger partial charge on any atom is 0.0841 e. The number of aryl methyl sites for hydroxylation is 1. The number of aliphatic hydroxyl groups is 1. The lowest BCUT2D eigenvalue weighted by molar-refractivity contribution is 0.177. The molecule has 1 N–H and O–H groups in total. The highest BCUT2D eigenvalue weighted by molar-refractivity contribution is 9.10. The molecule has 1 aromatic heterocycles. The fourth-order valence-electron chi connectivity index (χ4n) is 1.78. The zero-order valence-corrected chi connectivity index (χ0v) is 11.2. The number of rotatable bonds is 3. The molecule has 0 radical (unpaired) electrons. The van der Waals surface area contributed by atoms with Crippen LogP contribution in [0.1, 0.15) is 22.8 Å². The standard InChI is InChI=1S/C14H14BrNO/c1-10-3-2-4-12(14(10)15)13(17)9-11-5-7-16-8-6-11/h2-8,13,17H,9H2,1H3. The Labute approximate surface area is 109 Å². The molecule has 0 bridgehead atoms. The topological polar surface area (TPSA) is 33.1 Å². The maximum atomic E-state index is 10.2. The Morgan fingerprint density at radius 1 is 1.24 bits per heavy atom. The smallest absolute Gasteiger partial charge is 0.0841 e. The largest absolute Gasteiger partial charge is 0.388 e. The van der Waals surface area contributed by atoms with E-state index in [1.54, 1.807) is 12.4 Å². The molecule has 2 nitrogen and oxygen atoms in total. The average Bonchev–Trinajstić information content (AvgIpc) is 2.34. The molecule has 0 amide bonds. The molecule has 0 spiro atoms. The van der Waals surface area contributed by atoms with Crippen molar-refractivity contribution in [3.63, 3.8) is 0 Å². The van der Waals surface area contributed by atoms with E-state index in [9.17, 15) is 5.11 Å². The molecule has 0 saturated heterocycles. The van der Waals surface area contributed by atoms with Crippen LogP contribution in [0.25, 0.3) is 0 Å². The lowest BCUT2D eigenvalue weighted by Crippen LogP contribution is -2.03. The first-order valence-electron chi connectivity index (χ1n) is 5.50. The number of benzene rings is 1. The Balaban J connectivity index is 2.20. The van der Waals surface area contributed by atoms with Gasteiger partial charge >= 0.3 is 0 Å². The molecule has 3 heteroatoms. The number of aromatic nitrogens is 1. The van der Waals surface area contributed by atoms with Crippen molar-refractivity contribution in [2.45, 2.75) is 19.4 Å². The molecule has 0 fully saturated rings. The van der Waals surface area contributed by atoms with E-state index in [4.69, 9.17) is 0 Å². The van der Waals surface area contributed by atoms with Crippen LogP contribution in [-0.2, 0) is 6.42 Å². The quantitative estimate of drug-likeness (QED) is 0.940. The molecule has 1 unspecified atom stereocenters. The summed E-state index contributed by atoms with van der Waals surface area (Å²) < 4.78 is 0.988. The molecule has 1 aromatic carbocycles. The lowest BCUT2D eigenvalue weighted by atomic mass is 10.0. The van der Waals surface area contributed by atoms with Crippen LogP contribution in [0.2, 0.25) is 0 Å². The molecule has 1 heterocycles. The highest BCUT2D eigenvalue weighted by Crippen LogP contribution is 2.28. The van der Waals surface area contributed by atoms with Crippen LogP contribution >= 0.6 is 15.9 Å². The minimum atomic E-state index is -0.494. The van der Waals surface area contributed by atoms with Crippen molar-refractivity contribution in [2.75, 3.05) is 0 Å². The zero-order chi connectivity index (χ0) is 12.3. The highest BCUT2D eigenvalue weighted by Gasteiger charge is 2.12. The second-order valence-corrected chi connectivity index (χ2v) is 4.85. The first-order chi connectivity index (χ1) is 8.18. The van der Waals surface area contributed by atoms with E-state index in [1.807, 2.05) is 37.3 Å². The molecule has 2 aromatic rings. The van der Waals surface area contributed by atoms with E-state index in [-0.39, 0.29) is 0 Å². The summed E-state index contributed by atoms with van der Waals surface area (Å²) in [6.07, 6.45) is 3.59. The van der Waals surface area contributed by atoms with Gasteiger partial charge in [0.1, 0.15) is 0 Å². The van der Waals surface area contributed by atoms with Gasteiger partial charge in [-0.2, -0.15) is 0 Å². The van der Waals surface area contributed by atoms with Gasteiger partial charge in [-0.25, -0.2) is 0 Å². The molecule has 0 aliphatic rings. The third-order valence-corrected chi connectivity index (χ3v) is 3.84. The molecule has 1 atom stereocenters. The summed E-state index contributed by atoms with van der Waals surface area (Å²) in [4.78, 5) is 3.97. The zero-order valence-electron chi connectivity index (χ0n) is 9.60. The number of hydrogen-bond donors (Lipinski definition) is 1. The number of nitrogens with zero attached hydrogens (tertiary/aromatic N) is 1. The first kappa shape index (κ1) is 12.3. The summed E-state index contributed by atoms with van der Waals surface area (Å²) in [6, 6.07) is 9.78. The normalized spacial score (nSPS) is 12.4. The minimum absolute atomic E-state index is 0.494. The van der Waals surface area contributed by atoms with Crippen LogP contribution in [0.3, 0.4) is 0 Å². The lowest BCUT2D eigenvalue weighted by Gasteiger charge is -2.14.